The Labute approximate surface area is 108 Å². The smallest absolute Gasteiger partial charge is 0.163 e. The summed E-state index contributed by atoms with van der Waals surface area (Å²) >= 11 is 0. The number of nitrogens with zero attached hydrogens (tertiary/aromatic N) is 4. The summed E-state index contributed by atoms with van der Waals surface area (Å²) in [6.45, 7) is 4.52. The molecule has 3 heterocycles. The number of pyridine rings is 1. The van der Waals surface area contributed by atoms with Crippen molar-refractivity contribution >= 4 is 5.69 Å². The van der Waals surface area contributed by atoms with Gasteiger partial charge in [-0.3, -0.25) is 4.90 Å². The molecule has 4 heteroatoms. The van der Waals surface area contributed by atoms with Crippen molar-refractivity contribution in [2.75, 3.05) is 31.1 Å². The van der Waals surface area contributed by atoms with Crippen LogP contribution in [0.4, 0.5) is 5.69 Å². The second-order valence-corrected chi connectivity index (χ2v) is 5.11. The maximum atomic E-state index is 9.16. The zero-order valence-electron chi connectivity index (χ0n) is 10.5. The van der Waals surface area contributed by atoms with Gasteiger partial charge >= 0.3 is 0 Å². The van der Waals surface area contributed by atoms with Gasteiger partial charge in [0, 0.05) is 31.9 Å². The first-order valence-electron chi connectivity index (χ1n) is 6.72. The first kappa shape index (κ1) is 11.5. The van der Waals surface area contributed by atoms with Gasteiger partial charge in [0.15, 0.2) is 5.69 Å². The predicted molar refractivity (Wildman–Crippen MR) is 70.4 cm³/mol. The first-order valence-corrected chi connectivity index (χ1v) is 6.72. The summed E-state index contributed by atoms with van der Waals surface area (Å²) in [5.41, 5.74) is 1.57. The number of nitriles is 1. The molecule has 0 spiro atoms. The monoisotopic (exact) mass is 242 g/mol. The zero-order chi connectivity index (χ0) is 12.4. The average Bonchev–Trinajstić information content (AvgIpc) is 2.76. The van der Waals surface area contributed by atoms with E-state index in [0.29, 0.717) is 11.7 Å². The lowest BCUT2D eigenvalue weighted by Crippen LogP contribution is -2.36. The van der Waals surface area contributed by atoms with Gasteiger partial charge in [0.1, 0.15) is 6.07 Å². The summed E-state index contributed by atoms with van der Waals surface area (Å²) in [4.78, 5) is 9.12. The molecule has 0 amide bonds. The zero-order valence-corrected chi connectivity index (χ0v) is 10.5. The van der Waals surface area contributed by atoms with Gasteiger partial charge in [-0.15, -0.1) is 0 Å². The van der Waals surface area contributed by atoms with Gasteiger partial charge in [0.05, 0.1) is 5.69 Å². The van der Waals surface area contributed by atoms with Gasteiger partial charge < -0.3 is 4.90 Å². The van der Waals surface area contributed by atoms with E-state index < -0.39 is 0 Å². The number of rotatable bonds is 1. The van der Waals surface area contributed by atoms with Crippen molar-refractivity contribution < 1.29 is 0 Å². The third-order valence-electron chi connectivity index (χ3n) is 4.04. The topological polar surface area (TPSA) is 43.2 Å². The number of anilines is 1. The van der Waals surface area contributed by atoms with Gasteiger partial charge in [-0.1, -0.05) is 0 Å². The molecule has 2 aliphatic heterocycles. The van der Waals surface area contributed by atoms with Gasteiger partial charge in [-0.25, -0.2) is 4.98 Å². The van der Waals surface area contributed by atoms with E-state index in [1.165, 1.54) is 32.4 Å². The molecule has 0 aromatic carbocycles. The highest BCUT2D eigenvalue weighted by atomic mass is 15.3. The minimum Gasteiger partial charge on any atom is -0.368 e. The van der Waals surface area contributed by atoms with Crippen molar-refractivity contribution in [3.05, 3.63) is 24.0 Å². The van der Waals surface area contributed by atoms with Crippen LogP contribution in [-0.2, 0) is 0 Å². The molecule has 3 rings (SSSR count). The summed E-state index contributed by atoms with van der Waals surface area (Å²) in [5, 5.41) is 9.16. The van der Waals surface area contributed by atoms with Crippen molar-refractivity contribution in [1.29, 1.82) is 5.26 Å². The van der Waals surface area contributed by atoms with Gasteiger partial charge in [-0.05, 0) is 37.9 Å². The van der Waals surface area contributed by atoms with Gasteiger partial charge in [0.2, 0.25) is 0 Å². The molecule has 0 N–H and O–H groups in total. The van der Waals surface area contributed by atoms with Crippen LogP contribution in [0, 0.1) is 11.3 Å². The van der Waals surface area contributed by atoms with Crippen LogP contribution in [0.25, 0.3) is 0 Å². The molecule has 2 saturated heterocycles. The van der Waals surface area contributed by atoms with E-state index >= 15 is 0 Å². The SMILES string of the molecule is N#Cc1ncccc1N1CCCN2CCCC2C1. The Hall–Kier alpha value is -1.60. The van der Waals surface area contributed by atoms with E-state index in [4.69, 9.17) is 5.26 Å². The molecular formula is C14H18N4. The van der Waals surface area contributed by atoms with Crippen molar-refractivity contribution in [3.63, 3.8) is 0 Å². The molecule has 0 radical (unpaired) electrons. The third-order valence-corrected chi connectivity index (χ3v) is 4.04. The van der Waals surface area contributed by atoms with Gasteiger partial charge in [-0.2, -0.15) is 5.26 Å². The van der Waals surface area contributed by atoms with E-state index in [2.05, 4.69) is 20.9 Å². The van der Waals surface area contributed by atoms with E-state index in [1.807, 2.05) is 12.1 Å². The Balaban J connectivity index is 1.85. The van der Waals surface area contributed by atoms with Crippen LogP contribution in [0.5, 0.6) is 0 Å². The van der Waals surface area contributed by atoms with Crippen molar-refractivity contribution in [2.24, 2.45) is 0 Å². The summed E-state index contributed by atoms with van der Waals surface area (Å²) < 4.78 is 0. The summed E-state index contributed by atoms with van der Waals surface area (Å²) in [6, 6.07) is 6.82. The van der Waals surface area contributed by atoms with Crippen molar-refractivity contribution in [1.82, 2.24) is 9.88 Å². The van der Waals surface area contributed by atoms with Crippen LogP contribution in [0.2, 0.25) is 0 Å². The highest BCUT2D eigenvalue weighted by Gasteiger charge is 2.29. The lowest BCUT2D eigenvalue weighted by molar-refractivity contribution is 0.273. The van der Waals surface area contributed by atoms with Crippen LogP contribution in [0.15, 0.2) is 18.3 Å². The molecule has 1 aromatic rings. The Morgan fingerprint density at radius 3 is 3.06 bits per heavy atom. The molecule has 18 heavy (non-hydrogen) atoms. The van der Waals surface area contributed by atoms with E-state index in [9.17, 15) is 0 Å². The molecule has 4 nitrogen and oxygen atoms in total. The van der Waals surface area contributed by atoms with Crippen LogP contribution in [0.1, 0.15) is 25.0 Å². The molecule has 1 aromatic heterocycles. The Morgan fingerprint density at radius 1 is 1.28 bits per heavy atom. The van der Waals surface area contributed by atoms with E-state index in [1.54, 1.807) is 6.20 Å². The second kappa shape index (κ2) is 4.95. The number of hydrogen-bond acceptors (Lipinski definition) is 4. The fourth-order valence-electron chi connectivity index (χ4n) is 3.16. The molecule has 94 valence electrons. The number of fused-ring (bicyclic) bond motifs is 1. The lowest BCUT2D eigenvalue weighted by Gasteiger charge is -2.27. The highest BCUT2D eigenvalue weighted by molar-refractivity contribution is 5.55. The Kier molecular flexibility index (Phi) is 3.16. The Bertz CT molecular complexity index is 465. The van der Waals surface area contributed by atoms with E-state index in [0.717, 1.165) is 18.8 Å². The number of hydrogen-bond donors (Lipinski definition) is 0. The predicted octanol–water partition coefficient (Wildman–Crippen LogP) is 1.63. The standard InChI is InChI=1S/C14H18N4/c15-10-13-14(5-1-6-16-13)18-9-3-8-17-7-2-4-12(17)11-18/h1,5-6,12H,2-4,7-9,11H2. The van der Waals surface area contributed by atoms with Crippen LogP contribution >= 0.6 is 0 Å². The van der Waals surface area contributed by atoms with Crippen LogP contribution < -0.4 is 4.90 Å². The summed E-state index contributed by atoms with van der Waals surface area (Å²) in [5.74, 6) is 0. The minimum absolute atomic E-state index is 0.559. The van der Waals surface area contributed by atoms with Crippen LogP contribution in [-0.4, -0.2) is 42.1 Å². The maximum absolute atomic E-state index is 9.16. The number of aromatic nitrogens is 1. The molecule has 1 unspecified atom stereocenters. The lowest BCUT2D eigenvalue weighted by atomic mass is 10.2. The molecule has 2 aliphatic rings. The highest BCUT2D eigenvalue weighted by Crippen LogP contribution is 2.26. The fraction of sp³-hybridized carbons (Fsp3) is 0.571. The molecule has 0 bridgehead atoms. The fourth-order valence-corrected chi connectivity index (χ4v) is 3.16. The molecular weight excluding hydrogens is 224 g/mol. The summed E-state index contributed by atoms with van der Waals surface area (Å²) in [6.07, 6.45) is 5.48. The third kappa shape index (κ3) is 2.06. The normalized spacial score (nSPS) is 24.4. The molecule has 0 aliphatic carbocycles. The second-order valence-electron chi connectivity index (χ2n) is 5.11. The molecule has 0 saturated carbocycles. The maximum Gasteiger partial charge on any atom is 0.163 e. The van der Waals surface area contributed by atoms with Crippen molar-refractivity contribution in [3.8, 4) is 6.07 Å². The van der Waals surface area contributed by atoms with Crippen LogP contribution in [0.3, 0.4) is 0 Å². The van der Waals surface area contributed by atoms with Crippen molar-refractivity contribution in [2.45, 2.75) is 25.3 Å². The largest absolute Gasteiger partial charge is 0.368 e. The average molecular weight is 242 g/mol. The minimum atomic E-state index is 0.559. The quantitative estimate of drug-likeness (QED) is 0.750. The summed E-state index contributed by atoms with van der Waals surface area (Å²) in [7, 11) is 0. The Morgan fingerprint density at radius 2 is 2.17 bits per heavy atom. The first-order chi connectivity index (χ1) is 8.88. The van der Waals surface area contributed by atoms with Gasteiger partial charge in [0.25, 0.3) is 0 Å². The molecule has 2 fully saturated rings. The molecule has 1 atom stereocenters. The van der Waals surface area contributed by atoms with E-state index in [-0.39, 0.29) is 0 Å².